The predicted octanol–water partition coefficient (Wildman–Crippen LogP) is 15.9. The molecule has 77 heavy (non-hydrogen) atoms. The molecule has 4 atom stereocenters. The summed E-state index contributed by atoms with van der Waals surface area (Å²) in [6, 6.07) is 0. The SMILES string of the molecule is CCCCC(CC)CN1C(=O)c2c(Br)sc(-c3sc(Br)c4c3C(=O)N(CC(CC)CCCC)C4=O)c2C1=O.CCCCC(CC)CN1C(=O)c2csc(-c3scc4c3C(=O)N(CC(CC)CCCC)C4=O)c2C1=O.[B]=NS. The van der Waals surface area contributed by atoms with Crippen LogP contribution in [0, 0.1) is 23.7 Å². The number of fused-ring (bicyclic) bond motifs is 4. The maximum atomic E-state index is 13.7. The molecule has 415 valence electrons. The molecule has 4 aliphatic heterocycles. The van der Waals surface area contributed by atoms with Gasteiger partial charge in [-0.1, -0.05) is 132 Å². The van der Waals surface area contributed by atoms with E-state index in [0.29, 0.717) is 97.8 Å². The summed E-state index contributed by atoms with van der Waals surface area (Å²) in [5.74, 6) is -1.15. The third kappa shape index (κ3) is 13.0. The van der Waals surface area contributed by atoms with Crippen molar-refractivity contribution in [2.45, 2.75) is 158 Å². The van der Waals surface area contributed by atoms with Crippen molar-refractivity contribution in [3.05, 3.63) is 62.8 Å². The van der Waals surface area contributed by atoms with Crippen molar-refractivity contribution in [2.24, 2.45) is 28.0 Å². The van der Waals surface area contributed by atoms with Gasteiger partial charge in [0.15, 0.2) is 0 Å². The zero-order valence-electron chi connectivity index (χ0n) is 45.5. The van der Waals surface area contributed by atoms with E-state index in [1.54, 1.807) is 10.8 Å². The van der Waals surface area contributed by atoms with Gasteiger partial charge >= 0.3 is 24.8 Å². The molecular weight excluding hydrogens is 1200 g/mol. The zero-order valence-corrected chi connectivity index (χ0v) is 52.9. The van der Waals surface area contributed by atoms with E-state index in [1.165, 1.54) is 64.9 Å². The number of thiophene rings is 4. The Morgan fingerprint density at radius 2 is 0.675 bits per heavy atom. The van der Waals surface area contributed by atoms with Crippen molar-refractivity contribution in [1.29, 1.82) is 0 Å². The zero-order chi connectivity index (χ0) is 56.4. The number of rotatable bonds is 26. The Bertz CT molecular complexity index is 2690. The number of amides is 8. The van der Waals surface area contributed by atoms with Crippen LogP contribution in [0.25, 0.3) is 19.5 Å². The van der Waals surface area contributed by atoms with E-state index in [1.807, 2.05) is 0 Å². The fourth-order valence-corrected chi connectivity index (χ4v) is 16.7. The van der Waals surface area contributed by atoms with Gasteiger partial charge in [0, 0.05) is 36.9 Å². The minimum atomic E-state index is -0.311. The first-order valence-electron chi connectivity index (χ1n) is 27.4. The molecule has 0 fully saturated rings. The molecule has 1 radical (unpaired) electrons. The third-order valence-corrected chi connectivity index (χ3v) is 21.4. The number of halogens is 2. The molecule has 0 spiro atoms. The molecular formula is C56H71BBr2N5O8S5. The summed E-state index contributed by atoms with van der Waals surface area (Å²) >= 11 is 15.5. The molecule has 0 aliphatic carbocycles. The molecule has 4 aliphatic rings. The second-order valence-electron chi connectivity index (χ2n) is 20.3. The van der Waals surface area contributed by atoms with Gasteiger partial charge in [0.25, 0.3) is 47.3 Å². The van der Waals surface area contributed by atoms with Gasteiger partial charge in [-0.3, -0.25) is 58.0 Å². The Morgan fingerprint density at radius 1 is 0.429 bits per heavy atom. The summed E-state index contributed by atoms with van der Waals surface area (Å²) in [5, 5.41) is 3.47. The third-order valence-electron chi connectivity index (χ3n) is 15.4. The van der Waals surface area contributed by atoms with Crippen LogP contribution >= 0.6 is 90.0 Å². The van der Waals surface area contributed by atoms with Gasteiger partial charge in [-0.15, -0.1) is 45.3 Å². The van der Waals surface area contributed by atoms with Crippen LogP contribution in [0.3, 0.4) is 0 Å². The Morgan fingerprint density at radius 3 is 0.935 bits per heavy atom. The van der Waals surface area contributed by atoms with Gasteiger partial charge in [-0.05, 0) is 81.2 Å². The first-order valence-corrected chi connectivity index (χ1v) is 32.7. The number of hydrogen-bond acceptors (Lipinski definition) is 14. The Balaban J connectivity index is 0.000000238. The van der Waals surface area contributed by atoms with Crippen molar-refractivity contribution >= 4 is 145 Å². The van der Waals surface area contributed by atoms with Gasteiger partial charge in [-0.25, -0.2) is 0 Å². The van der Waals surface area contributed by atoms with Crippen LogP contribution in [0.5, 0.6) is 0 Å². The van der Waals surface area contributed by atoms with Gasteiger partial charge in [0.1, 0.15) is 0 Å². The number of imide groups is 4. The van der Waals surface area contributed by atoms with E-state index in [0.717, 1.165) is 103 Å². The van der Waals surface area contributed by atoms with Gasteiger partial charge in [0.05, 0.1) is 71.6 Å². The van der Waals surface area contributed by atoms with Crippen LogP contribution in [0.4, 0.5) is 0 Å². The van der Waals surface area contributed by atoms with Crippen LogP contribution in [0.15, 0.2) is 22.6 Å². The molecule has 21 heteroatoms. The summed E-state index contributed by atoms with van der Waals surface area (Å²) in [6.45, 7) is 18.6. The van der Waals surface area contributed by atoms with Crippen LogP contribution < -0.4 is 0 Å². The molecule has 8 rings (SSSR count). The number of hydrogen-bond donors (Lipinski definition) is 1. The van der Waals surface area contributed by atoms with E-state index >= 15 is 0 Å². The molecule has 4 aromatic rings. The van der Waals surface area contributed by atoms with Gasteiger partial charge < -0.3 is 0 Å². The van der Waals surface area contributed by atoms with Gasteiger partial charge in [0.2, 0.25) is 0 Å². The average Bonchev–Trinajstić information content (AvgIpc) is 4.42. The van der Waals surface area contributed by atoms with Crippen molar-refractivity contribution in [2.75, 3.05) is 26.2 Å². The second kappa shape index (κ2) is 28.8. The van der Waals surface area contributed by atoms with E-state index in [9.17, 15) is 38.4 Å². The molecule has 0 saturated heterocycles. The molecule has 0 aromatic carbocycles. The number of carbonyl (C=O) groups is 8. The topological polar surface area (TPSA) is 162 Å². The summed E-state index contributed by atoms with van der Waals surface area (Å²) in [5.41, 5.74) is 3.08. The fourth-order valence-electron chi connectivity index (χ4n) is 10.5. The first kappa shape index (κ1) is 62.7. The van der Waals surface area contributed by atoms with Crippen molar-refractivity contribution in [3.63, 3.8) is 0 Å². The molecule has 0 bridgehead atoms. The summed E-state index contributed by atoms with van der Waals surface area (Å²) in [4.78, 5) is 115. The summed E-state index contributed by atoms with van der Waals surface area (Å²) < 4.78 is 3.87. The van der Waals surface area contributed by atoms with Crippen molar-refractivity contribution in [1.82, 2.24) is 19.6 Å². The Labute approximate surface area is 493 Å². The van der Waals surface area contributed by atoms with Crippen molar-refractivity contribution < 1.29 is 38.4 Å². The van der Waals surface area contributed by atoms with Gasteiger partial charge in [-0.2, -0.15) is 0 Å². The maximum absolute atomic E-state index is 13.7. The number of unbranched alkanes of at least 4 members (excludes halogenated alkanes) is 4. The molecule has 0 N–H and O–H groups in total. The molecule has 8 heterocycles. The Kier molecular flexibility index (Phi) is 23.5. The second-order valence-corrected chi connectivity index (χ2v) is 26.9. The van der Waals surface area contributed by atoms with Crippen LogP contribution in [-0.2, 0) is 0 Å². The van der Waals surface area contributed by atoms with E-state index in [4.69, 9.17) is 0 Å². The quantitative estimate of drug-likeness (QED) is 0.0369. The average molecular weight is 1270 g/mol. The van der Waals surface area contributed by atoms with E-state index < -0.39 is 0 Å². The summed E-state index contributed by atoms with van der Waals surface area (Å²) in [6.07, 6.45) is 16.1. The van der Waals surface area contributed by atoms with E-state index in [-0.39, 0.29) is 70.9 Å². The van der Waals surface area contributed by atoms with E-state index in [2.05, 4.69) is 112 Å². The first-order chi connectivity index (χ1) is 37.0. The Hall–Kier alpha value is -3.47. The predicted molar refractivity (Wildman–Crippen MR) is 323 cm³/mol. The monoisotopic (exact) mass is 1270 g/mol. The number of carbonyl (C=O) groups excluding carboxylic acids is 8. The molecule has 4 aromatic heterocycles. The standard InChI is InChI=1S/C28H34Br2N2O4S2.C28H36N2O4S2.BHNS/c1-5-9-11-15(7-3)13-31-25(33)17-19(27(31)35)23(29)37-21(17)22-18-20(24(30)38-22)28(36)32(26(18)34)14-16(8-4)12-10-6-2;1-5-9-11-17(7-3)13-29-25(31)19-15-35-23(21(19)27(29)33)24-22-20(16-36-24)26(32)30(28(22)34)14-18(8-4)12-10-6-2;1-2-3/h15-16H,5-14H2,1-4H3;15-18H,5-14H2,1-4H3;3H. The molecule has 13 nitrogen and oxygen atoms in total. The van der Waals surface area contributed by atoms with Crippen LogP contribution in [0.1, 0.15) is 241 Å². The molecule has 8 amide bonds. The fraction of sp³-hybridized carbons (Fsp3) is 0.571. The number of nitrogens with zero attached hydrogens (tertiary/aromatic N) is 5. The van der Waals surface area contributed by atoms with Crippen molar-refractivity contribution in [3.8, 4) is 19.5 Å². The van der Waals surface area contributed by atoms with Crippen LogP contribution in [0.2, 0.25) is 0 Å². The molecule has 0 saturated carbocycles. The minimum absolute atomic E-state index is 0.244. The van der Waals surface area contributed by atoms with Crippen LogP contribution in [-0.4, -0.2) is 101 Å². The number of thiol groups is 1. The normalized spacial score (nSPS) is 16.2. The molecule has 4 unspecified atom stereocenters. The summed E-state index contributed by atoms with van der Waals surface area (Å²) in [7, 11) is 4.34.